The Labute approximate surface area is 111 Å². The normalized spacial score (nSPS) is 10.2. The molecule has 98 valence electrons. The summed E-state index contributed by atoms with van der Waals surface area (Å²) in [5.74, 6) is -0.573. The van der Waals surface area contributed by atoms with E-state index in [4.69, 9.17) is 4.74 Å². The van der Waals surface area contributed by atoms with Crippen molar-refractivity contribution in [1.29, 1.82) is 0 Å². The molecule has 0 heterocycles. The second-order valence-corrected chi connectivity index (χ2v) is 4.22. The zero-order chi connectivity index (χ0) is 13.7. The van der Waals surface area contributed by atoms with E-state index in [9.17, 15) is 9.18 Å². The molecular weight excluding hydrogens is 243 g/mol. The van der Waals surface area contributed by atoms with Crippen LogP contribution in [0.2, 0.25) is 0 Å². The predicted molar refractivity (Wildman–Crippen MR) is 72.4 cm³/mol. The van der Waals surface area contributed by atoms with Gasteiger partial charge in [0, 0.05) is 0 Å². The van der Waals surface area contributed by atoms with Gasteiger partial charge in [-0.05, 0) is 41.8 Å². The third-order valence-electron chi connectivity index (χ3n) is 2.74. The lowest BCUT2D eigenvalue weighted by Crippen LogP contribution is -2.05. The molecule has 3 heteroatoms. The zero-order valence-corrected chi connectivity index (χ0v) is 10.7. The Morgan fingerprint density at radius 2 is 1.53 bits per heavy atom. The van der Waals surface area contributed by atoms with E-state index in [-0.39, 0.29) is 11.8 Å². The van der Waals surface area contributed by atoms with E-state index in [1.807, 2.05) is 19.1 Å². The van der Waals surface area contributed by atoms with Gasteiger partial charge in [-0.2, -0.15) is 0 Å². The van der Waals surface area contributed by atoms with E-state index in [0.717, 1.165) is 17.5 Å². The molecule has 0 radical (unpaired) electrons. The van der Waals surface area contributed by atoms with Crippen molar-refractivity contribution in [3.63, 3.8) is 0 Å². The van der Waals surface area contributed by atoms with Crippen LogP contribution in [0.5, 0.6) is 0 Å². The standard InChI is InChI=1S/C16H15FO2/c1-2-11-19-16(18)14-5-3-12(4-6-14)13-7-9-15(17)10-8-13/h3-10H,2,11H2,1H3. The van der Waals surface area contributed by atoms with Gasteiger partial charge in [-0.1, -0.05) is 31.2 Å². The zero-order valence-electron chi connectivity index (χ0n) is 10.7. The van der Waals surface area contributed by atoms with Crippen molar-refractivity contribution in [2.75, 3.05) is 6.61 Å². The maximum Gasteiger partial charge on any atom is 0.338 e. The molecule has 2 nitrogen and oxygen atoms in total. The van der Waals surface area contributed by atoms with Crippen LogP contribution in [0.25, 0.3) is 11.1 Å². The number of carbonyl (C=O) groups is 1. The molecule has 0 amide bonds. The second-order valence-electron chi connectivity index (χ2n) is 4.22. The quantitative estimate of drug-likeness (QED) is 0.773. The molecule has 0 aliphatic carbocycles. The highest BCUT2D eigenvalue weighted by Crippen LogP contribution is 2.20. The third-order valence-corrected chi connectivity index (χ3v) is 2.74. The lowest BCUT2D eigenvalue weighted by atomic mass is 10.0. The number of carbonyl (C=O) groups excluding carboxylic acids is 1. The van der Waals surface area contributed by atoms with E-state index < -0.39 is 0 Å². The molecule has 2 aromatic rings. The summed E-state index contributed by atoms with van der Waals surface area (Å²) in [5.41, 5.74) is 2.38. The highest BCUT2D eigenvalue weighted by atomic mass is 19.1. The monoisotopic (exact) mass is 258 g/mol. The van der Waals surface area contributed by atoms with Crippen molar-refractivity contribution in [3.8, 4) is 11.1 Å². The topological polar surface area (TPSA) is 26.3 Å². The Hall–Kier alpha value is -2.16. The maximum absolute atomic E-state index is 12.8. The smallest absolute Gasteiger partial charge is 0.338 e. The van der Waals surface area contributed by atoms with Crippen molar-refractivity contribution in [1.82, 2.24) is 0 Å². The van der Waals surface area contributed by atoms with Gasteiger partial charge in [0.05, 0.1) is 12.2 Å². The minimum absolute atomic E-state index is 0.261. The van der Waals surface area contributed by atoms with Gasteiger partial charge in [0.15, 0.2) is 0 Å². The lowest BCUT2D eigenvalue weighted by molar-refractivity contribution is 0.0505. The van der Waals surface area contributed by atoms with Crippen LogP contribution in [0.15, 0.2) is 48.5 Å². The fourth-order valence-corrected chi connectivity index (χ4v) is 1.72. The summed E-state index contributed by atoms with van der Waals surface area (Å²) >= 11 is 0. The molecule has 0 N–H and O–H groups in total. The van der Waals surface area contributed by atoms with Crippen molar-refractivity contribution < 1.29 is 13.9 Å². The Bertz CT molecular complexity index is 544. The van der Waals surface area contributed by atoms with E-state index in [2.05, 4.69) is 0 Å². The van der Waals surface area contributed by atoms with Gasteiger partial charge in [-0.15, -0.1) is 0 Å². The van der Waals surface area contributed by atoms with Crippen LogP contribution < -0.4 is 0 Å². The second kappa shape index (κ2) is 6.14. The first-order chi connectivity index (χ1) is 9.20. The van der Waals surface area contributed by atoms with Crippen LogP contribution in [0.1, 0.15) is 23.7 Å². The summed E-state index contributed by atoms with van der Waals surface area (Å²) in [5, 5.41) is 0. The average molecular weight is 258 g/mol. The first kappa shape index (κ1) is 13.3. The largest absolute Gasteiger partial charge is 0.462 e. The summed E-state index contributed by atoms with van der Waals surface area (Å²) in [4.78, 5) is 11.6. The van der Waals surface area contributed by atoms with Gasteiger partial charge < -0.3 is 4.74 Å². The average Bonchev–Trinajstić information content (AvgIpc) is 2.46. The summed E-state index contributed by atoms with van der Waals surface area (Å²) in [6, 6.07) is 13.3. The highest BCUT2D eigenvalue weighted by molar-refractivity contribution is 5.90. The number of esters is 1. The van der Waals surface area contributed by atoms with E-state index in [0.29, 0.717) is 12.2 Å². The number of benzene rings is 2. The maximum atomic E-state index is 12.8. The van der Waals surface area contributed by atoms with Gasteiger partial charge >= 0.3 is 5.97 Å². The molecule has 0 aromatic heterocycles. The number of ether oxygens (including phenoxy) is 1. The Morgan fingerprint density at radius 3 is 2.05 bits per heavy atom. The molecule has 0 atom stereocenters. The molecule has 0 aliphatic rings. The third kappa shape index (κ3) is 3.41. The van der Waals surface area contributed by atoms with E-state index >= 15 is 0 Å². The fourth-order valence-electron chi connectivity index (χ4n) is 1.72. The molecule has 0 fully saturated rings. The molecular formula is C16H15FO2. The van der Waals surface area contributed by atoms with Crippen molar-refractivity contribution >= 4 is 5.97 Å². The molecule has 0 unspecified atom stereocenters. The van der Waals surface area contributed by atoms with Crippen LogP contribution in [0.3, 0.4) is 0 Å². The fraction of sp³-hybridized carbons (Fsp3) is 0.188. The molecule has 19 heavy (non-hydrogen) atoms. The minimum atomic E-state index is -0.312. The van der Waals surface area contributed by atoms with Gasteiger partial charge in [-0.25, -0.2) is 9.18 Å². The Balaban J connectivity index is 2.14. The van der Waals surface area contributed by atoms with Gasteiger partial charge in [-0.3, -0.25) is 0 Å². The van der Waals surface area contributed by atoms with Crippen molar-refractivity contribution in [2.24, 2.45) is 0 Å². The van der Waals surface area contributed by atoms with E-state index in [1.54, 1.807) is 24.3 Å². The van der Waals surface area contributed by atoms with Crippen LogP contribution >= 0.6 is 0 Å². The SMILES string of the molecule is CCCOC(=O)c1ccc(-c2ccc(F)cc2)cc1. The number of rotatable bonds is 4. The molecule has 0 aliphatic heterocycles. The van der Waals surface area contributed by atoms with Gasteiger partial charge in [0.1, 0.15) is 5.82 Å². The van der Waals surface area contributed by atoms with Crippen molar-refractivity contribution in [3.05, 3.63) is 59.9 Å². The molecule has 0 saturated heterocycles. The van der Waals surface area contributed by atoms with Crippen LogP contribution in [0.4, 0.5) is 4.39 Å². The predicted octanol–water partition coefficient (Wildman–Crippen LogP) is 4.06. The van der Waals surface area contributed by atoms with Crippen LogP contribution in [-0.4, -0.2) is 12.6 Å². The van der Waals surface area contributed by atoms with E-state index in [1.165, 1.54) is 12.1 Å². The van der Waals surface area contributed by atoms with Gasteiger partial charge in [0.25, 0.3) is 0 Å². The number of hydrogen-bond donors (Lipinski definition) is 0. The lowest BCUT2D eigenvalue weighted by Gasteiger charge is -2.05. The van der Waals surface area contributed by atoms with Crippen LogP contribution in [0, 0.1) is 5.82 Å². The first-order valence-corrected chi connectivity index (χ1v) is 6.24. The summed E-state index contributed by atoms with van der Waals surface area (Å²) in [7, 11) is 0. The minimum Gasteiger partial charge on any atom is -0.462 e. The van der Waals surface area contributed by atoms with Gasteiger partial charge in [0.2, 0.25) is 0 Å². The summed E-state index contributed by atoms with van der Waals surface area (Å²) in [6.45, 7) is 2.38. The first-order valence-electron chi connectivity index (χ1n) is 6.24. The number of halogens is 1. The Kier molecular flexibility index (Phi) is 4.29. The highest BCUT2D eigenvalue weighted by Gasteiger charge is 2.06. The molecule has 0 spiro atoms. The molecule has 2 rings (SSSR count). The molecule has 0 saturated carbocycles. The van der Waals surface area contributed by atoms with Crippen LogP contribution in [-0.2, 0) is 4.74 Å². The number of hydrogen-bond acceptors (Lipinski definition) is 2. The summed E-state index contributed by atoms with van der Waals surface area (Å²) in [6.07, 6.45) is 0.805. The summed E-state index contributed by atoms with van der Waals surface area (Å²) < 4.78 is 17.9. The Morgan fingerprint density at radius 1 is 1.00 bits per heavy atom. The molecule has 2 aromatic carbocycles. The van der Waals surface area contributed by atoms with Crippen molar-refractivity contribution in [2.45, 2.75) is 13.3 Å². The molecule has 0 bridgehead atoms.